The van der Waals surface area contributed by atoms with E-state index in [2.05, 4.69) is 10.1 Å². The van der Waals surface area contributed by atoms with Crippen LogP contribution in [-0.4, -0.2) is 25.3 Å². The maximum Gasteiger partial charge on any atom is 0.407 e. The van der Waals surface area contributed by atoms with Crippen molar-refractivity contribution in [3.05, 3.63) is 0 Å². The van der Waals surface area contributed by atoms with Crippen LogP contribution in [0.1, 0.15) is 19.3 Å². The fourth-order valence-electron chi connectivity index (χ4n) is 1.38. The van der Waals surface area contributed by atoms with Crippen LogP contribution in [0.5, 0.6) is 0 Å². The van der Waals surface area contributed by atoms with E-state index in [0.717, 1.165) is 19.3 Å². The number of nitrogens with two attached hydrogens (primary N) is 1. The Morgan fingerprint density at radius 1 is 1.64 bits per heavy atom. The molecule has 0 unspecified atom stereocenters. The Hall–Kier alpha value is -0.770. The average molecular weight is 158 g/mol. The number of hydrogen-bond acceptors (Lipinski definition) is 3. The van der Waals surface area contributed by atoms with Crippen LogP contribution in [0.25, 0.3) is 0 Å². The Bertz CT molecular complexity index is 149. The SMILES string of the molecule is COC(=O)N[C@H]1CCC[C@@H]1N. The van der Waals surface area contributed by atoms with E-state index in [9.17, 15) is 4.79 Å². The van der Waals surface area contributed by atoms with Gasteiger partial charge in [-0.05, 0) is 19.3 Å². The summed E-state index contributed by atoms with van der Waals surface area (Å²) in [7, 11) is 1.36. The first-order chi connectivity index (χ1) is 5.24. The minimum Gasteiger partial charge on any atom is -0.453 e. The molecule has 4 nitrogen and oxygen atoms in total. The van der Waals surface area contributed by atoms with Gasteiger partial charge < -0.3 is 15.8 Å². The summed E-state index contributed by atoms with van der Waals surface area (Å²) in [6.45, 7) is 0. The largest absolute Gasteiger partial charge is 0.453 e. The summed E-state index contributed by atoms with van der Waals surface area (Å²) < 4.78 is 4.45. The van der Waals surface area contributed by atoms with Crippen molar-refractivity contribution in [2.24, 2.45) is 5.73 Å². The van der Waals surface area contributed by atoms with Gasteiger partial charge in [0.15, 0.2) is 0 Å². The summed E-state index contributed by atoms with van der Waals surface area (Å²) in [5.41, 5.74) is 5.71. The van der Waals surface area contributed by atoms with Crippen LogP contribution in [0.3, 0.4) is 0 Å². The maximum atomic E-state index is 10.7. The zero-order chi connectivity index (χ0) is 8.27. The van der Waals surface area contributed by atoms with Gasteiger partial charge in [0.05, 0.1) is 7.11 Å². The highest BCUT2D eigenvalue weighted by Crippen LogP contribution is 2.16. The molecule has 0 aliphatic heterocycles. The van der Waals surface area contributed by atoms with E-state index in [1.807, 2.05) is 0 Å². The average Bonchev–Trinajstić information content (AvgIpc) is 2.37. The van der Waals surface area contributed by atoms with Crippen LogP contribution in [0.4, 0.5) is 4.79 Å². The molecular formula is C7H14N2O2. The van der Waals surface area contributed by atoms with Gasteiger partial charge in [-0.3, -0.25) is 0 Å². The summed E-state index contributed by atoms with van der Waals surface area (Å²) >= 11 is 0. The lowest BCUT2D eigenvalue weighted by molar-refractivity contribution is 0.165. The first kappa shape index (κ1) is 8.33. The third kappa shape index (κ3) is 2.08. The Balaban J connectivity index is 2.30. The monoisotopic (exact) mass is 158 g/mol. The summed E-state index contributed by atoms with van der Waals surface area (Å²) in [5.74, 6) is 0. The normalized spacial score (nSPS) is 30.0. The molecule has 3 N–H and O–H groups in total. The second kappa shape index (κ2) is 3.57. The van der Waals surface area contributed by atoms with E-state index in [-0.39, 0.29) is 18.2 Å². The van der Waals surface area contributed by atoms with Crippen molar-refractivity contribution in [1.82, 2.24) is 5.32 Å². The molecule has 1 saturated carbocycles. The summed E-state index contributed by atoms with van der Waals surface area (Å²) in [4.78, 5) is 10.7. The van der Waals surface area contributed by atoms with Crippen molar-refractivity contribution in [2.45, 2.75) is 31.3 Å². The number of nitrogens with one attached hydrogen (secondary N) is 1. The zero-order valence-corrected chi connectivity index (χ0v) is 6.67. The van der Waals surface area contributed by atoms with E-state index in [1.54, 1.807) is 0 Å². The molecule has 64 valence electrons. The number of hydrogen-bond donors (Lipinski definition) is 2. The minimum absolute atomic E-state index is 0.106. The quantitative estimate of drug-likeness (QED) is 0.574. The van der Waals surface area contributed by atoms with E-state index in [4.69, 9.17) is 5.73 Å². The molecule has 1 amide bonds. The molecule has 1 fully saturated rings. The molecule has 1 aliphatic carbocycles. The van der Waals surface area contributed by atoms with E-state index < -0.39 is 0 Å². The molecule has 11 heavy (non-hydrogen) atoms. The van der Waals surface area contributed by atoms with Crippen molar-refractivity contribution in [3.63, 3.8) is 0 Å². The molecule has 0 radical (unpaired) electrons. The lowest BCUT2D eigenvalue weighted by Gasteiger charge is -2.15. The summed E-state index contributed by atoms with van der Waals surface area (Å²) in [6.07, 6.45) is 2.67. The second-order valence-electron chi connectivity index (χ2n) is 2.84. The lowest BCUT2D eigenvalue weighted by Crippen LogP contribution is -2.43. The molecule has 0 heterocycles. The molecule has 0 aromatic carbocycles. The third-order valence-corrected chi connectivity index (χ3v) is 2.06. The van der Waals surface area contributed by atoms with E-state index >= 15 is 0 Å². The number of amides is 1. The van der Waals surface area contributed by atoms with Crippen molar-refractivity contribution in [1.29, 1.82) is 0 Å². The molecule has 0 saturated heterocycles. The van der Waals surface area contributed by atoms with Gasteiger partial charge in [0.25, 0.3) is 0 Å². The van der Waals surface area contributed by atoms with Gasteiger partial charge in [-0.15, -0.1) is 0 Å². The summed E-state index contributed by atoms with van der Waals surface area (Å²) in [5, 5.41) is 2.69. The Morgan fingerprint density at radius 2 is 2.36 bits per heavy atom. The van der Waals surface area contributed by atoms with Gasteiger partial charge in [0, 0.05) is 12.1 Å². The zero-order valence-electron chi connectivity index (χ0n) is 6.67. The number of alkyl carbamates (subject to hydrolysis) is 1. The second-order valence-corrected chi connectivity index (χ2v) is 2.84. The van der Waals surface area contributed by atoms with Crippen molar-refractivity contribution >= 4 is 6.09 Å². The highest BCUT2D eigenvalue weighted by atomic mass is 16.5. The van der Waals surface area contributed by atoms with Crippen LogP contribution in [0.15, 0.2) is 0 Å². The van der Waals surface area contributed by atoms with E-state index in [0.29, 0.717) is 0 Å². The van der Waals surface area contributed by atoms with Gasteiger partial charge in [-0.25, -0.2) is 4.79 Å². The Morgan fingerprint density at radius 3 is 2.82 bits per heavy atom. The fourth-order valence-corrected chi connectivity index (χ4v) is 1.38. The first-order valence-electron chi connectivity index (χ1n) is 3.84. The van der Waals surface area contributed by atoms with Gasteiger partial charge in [-0.1, -0.05) is 0 Å². The standard InChI is InChI=1S/C7H14N2O2/c1-11-7(10)9-6-4-2-3-5(6)8/h5-6H,2-4,8H2,1H3,(H,9,10)/t5-,6-/m0/s1. The first-order valence-corrected chi connectivity index (χ1v) is 3.84. The molecule has 4 heteroatoms. The van der Waals surface area contributed by atoms with Crippen LogP contribution in [0.2, 0.25) is 0 Å². The lowest BCUT2D eigenvalue weighted by atomic mass is 10.2. The predicted molar refractivity (Wildman–Crippen MR) is 41.2 cm³/mol. The molecule has 1 aliphatic rings. The third-order valence-electron chi connectivity index (χ3n) is 2.06. The highest BCUT2D eigenvalue weighted by Gasteiger charge is 2.25. The van der Waals surface area contributed by atoms with Crippen molar-refractivity contribution in [2.75, 3.05) is 7.11 Å². The number of carbonyl (C=O) groups is 1. The summed E-state index contributed by atoms with van der Waals surface area (Å²) in [6, 6.07) is 0.219. The molecule has 2 atom stereocenters. The molecule has 1 rings (SSSR count). The Kier molecular flexibility index (Phi) is 2.70. The van der Waals surface area contributed by atoms with Gasteiger partial charge in [-0.2, -0.15) is 0 Å². The van der Waals surface area contributed by atoms with Gasteiger partial charge in [0.1, 0.15) is 0 Å². The topological polar surface area (TPSA) is 64.3 Å². The molecule has 0 aromatic heterocycles. The molecular weight excluding hydrogens is 144 g/mol. The van der Waals surface area contributed by atoms with Crippen LogP contribution < -0.4 is 11.1 Å². The molecule has 0 bridgehead atoms. The van der Waals surface area contributed by atoms with Crippen LogP contribution >= 0.6 is 0 Å². The number of methoxy groups -OCH3 is 1. The van der Waals surface area contributed by atoms with Crippen LogP contribution in [0, 0.1) is 0 Å². The predicted octanol–water partition coefficient (Wildman–Crippen LogP) is 0.222. The van der Waals surface area contributed by atoms with Crippen molar-refractivity contribution in [3.8, 4) is 0 Å². The smallest absolute Gasteiger partial charge is 0.407 e. The van der Waals surface area contributed by atoms with Gasteiger partial charge in [0.2, 0.25) is 0 Å². The van der Waals surface area contributed by atoms with Crippen LogP contribution in [-0.2, 0) is 4.74 Å². The fraction of sp³-hybridized carbons (Fsp3) is 0.857. The number of rotatable bonds is 1. The Labute approximate surface area is 66.1 Å². The van der Waals surface area contributed by atoms with Crippen molar-refractivity contribution < 1.29 is 9.53 Å². The number of ether oxygens (including phenoxy) is 1. The molecule has 0 aromatic rings. The number of carbonyl (C=O) groups excluding carboxylic acids is 1. The van der Waals surface area contributed by atoms with Gasteiger partial charge >= 0.3 is 6.09 Å². The minimum atomic E-state index is -0.382. The van der Waals surface area contributed by atoms with E-state index in [1.165, 1.54) is 7.11 Å². The molecule has 0 spiro atoms. The maximum absolute atomic E-state index is 10.7. The highest BCUT2D eigenvalue weighted by molar-refractivity contribution is 5.67.